The standard InChI is InChI=1S/C18H17N3O2S/c1-2-24-15-10-8-13(9-11-15)12-16-20-21-18(23-16)19-17(22)14-6-4-3-5-7-14/h3-11H,2,12H2,1H3,(H,19,21,22). The minimum absolute atomic E-state index is 0.108. The molecule has 6 heteroatoms. The molecule has 0 spiro atoms. The number of amides is 1. The molecule has 5 nitrogen and oxygen atoms in total. The smallest absolute Gasteiger partial charge is 0.322 e. The number of benzene rings is 2. The van der Waals surface area contributed by atoms with E-state index in [0.717, 1.165) is 11.3 Å². The predicted octanol–water partition coefficient (Wildman–Crippen LogP) is 4.02. The number of rotatable bonds is 6. The molecule has 3 aromatic rings. The molecular weight excluding hydrogens is 322 g/mol. The predicted molar refractivity (Wildman–Crippen MR) is 94.3 cm³/mol. The van der Waals surface area contributed by atoms with Crippen molar-refractivity contribution >= 4 is 23.7 Å². The number of nitrogens with one attached hydrogen (secondary N) is 1. The fourth-order valence-electron chi connectivity index (χ4n) is 2.18. The van der Waals surface area contributed by atoms with Gasteiger partial charge in [0.05, 0.1) is 6.42 Å². The Bertz CT molecular complexity index is 801. The number of carbonyl (C=O) groups is 1. The average molecular weight is 339 g/mol. The first-order valence-corrected chi connectivity index (χ1v) is 8.63. The lowest BCUT2D eigenvalue weighted by atomic mass is 10.1. The van der Waals surface area contributed by atoms with Crippen LogP contribution in [-0.4, -0.2) is 21.9 Å². The molecule has 0 bridgehead atoms. The topological polar surface area (TPSA) is 68.0 Å². The molecule has 0 aliphatic heterocycles. The van der Waals surface area contributed by atoms with Crippen LogP contribution in [0, 0.1) is 0 Å². The fourth-order valence-corrected chi connectivity index (χ4v) is 2.84. The van der Waals surface area contributed by atoms with Crippen molar-refractivity contribution in [2.24, 2.45) is 0 Å². The number of aromatic nitrogens is 2. The van der Waals surface area contributed by atoms with E-state index < -0.39 is 0 Å². The molecule has 1 amide bonds. The summed E-state index contributed by atoms with van der Waals surface area (Å²) in [6.45, 7) is 2.13. The maximum absolute atomic E-state index is 12.0. The Morgan fingerprint density at radius 1 is 1.08 bits per heavy atom. The Balaban J connectivity index is 1.62. The van der Waals surface area contributed by atoms with E-state index in [1.54, 1.807) is 36.0 Å². The summed E-state index contributed by atoms with van der Waals surface area (Å²) in [4.78, 5) is 13.3. The SMILES string of the molecule is CCSc1ccc(Cc2nnc(NC(=O)c3ccccc3)o2)cc1. The normalized spacial score (nSPS) is 10.5. The average Bonchev–Trinajstić information content (AvgIpc) is 3.04. The molecule has 0 fully saturated rings. The summed E-state index contributed by atoms with van der Waals surface area (Å²) in [6.07, 6.45) is 0.533. The third kappa shape index (κ3) is 4.23. The molecule has 24 heavy (non-hydrogen) atoms. The van der Waals surface area contributed by atoms with Gasteiger partial charge in [-0.3, -0.25) is 10.1 Å². The molecule has 0 aliphatic rings. The first kappa shape index (κ1) is 16.3. The lowest BCUT2D eigenvalue weighted by Crippen LogP contribution is -2.11. The van der Waals surface area contributed by atoms with Gasteiger partial charge >= 0.3 is 6.01 Å². The van der Waals surface area contributed by atoms with Crippen LogP contribution in [0.15, 0.2) is 63.9 Å². The Morgan fingerprint density at radius 2 is 1.83 bits per heavy atom. The van der Waals surface area contributed by atoms with E-state index in [1.165, 1.54) is 4.90 Å². The molecule has 1 aromatic heterocycles. The Kier molecular flexibility index (Phi) is 5.28. The maximum atomic E-state index is 12.0. The van der Waals surface area contributed by atoms with Crippen molar-refractivity contribution in [2.45, 2.75) is 18.2 Å². The number of carbonyl (C=O) groups excluding carboxylic acids is 1. The molecule has 0 atom stereocenters. The van der Waals surface area contributed by atoms with Crippen molar-refractivity contribution in [3.8, 4) is 0 Å². The van der Waals surface area contributed by atoms with Gasteiger partial charge in [0, 0.05) is 10.5 Å². The van der Waals surface area contributed by atoms with Crippen LogP contribution < -0.4 is 5.32 Å². The largest absolute Gasteiger partial charge is 0.407 e. The number of nitrogens with zero attached hydrogens (tertiary/aromatic N) is 2. The van der Waals surface area contributed by atoms with Crippen molar-refractivity contribution in [1.29, 1.82) is 0 Å². The molecule has 0 saturated carbocycles. The highest BCUT2D eigenvalue weighted by Crippen LogP contribution is 2.19. The van der Waals surface area contributed by atoms with Crippen LogP contribution >= 0.6 is 11.8 Å². The third-order valence-electron chi connectivity index (χ3n) is 3.31. The minimum Gasteiger partial charge on any atom is -0.407 e. The quantitative estimate of drug-likeness (QED) is 0.687. The molecular formula is C18H17N3O2S. The molecule has 1 N–H and O–H groups in total. The van der Waals surface area contributed by atoms with E-state index in [4.69, 9.17) is 4.42 Å². The summed E-state index contributed by atoms with van der Waals surface area (Å²) in [5.41, 5.74) is 1.63. The summed E-state index contributed by atoms with van der Waals surface area (Å²) < 4.78 is 5.50. The van der Waals surface area contributed by atoms with Gasteiger partial charge in [0.2, 0.25) is 5.89 Å². The molecule has 0 radical (unpaired) electrons. The van der Waals surface area contributed by atoms with E-state index in [-0.39, 0.29) is 11.9 Å². The molecule has 0 saturated heterocycles. The van der Waals surface area contributed by atoms with Gasteiger partial charge in [-0.25, -0.2) is 0 Å². The summed E-state index contributed by atoms with van der Waals surface area (Å²) in [6, 6.07) is 17.3. The third-order valence-corrected chi connectivity index (χ3v) is 4.21. The minimum atomic E-state index is -0.272. The first-order chi connectivity index (χ1) is 11.7. The van der Waals surface area contributed by atoms with E-state index >= 15 is 0 Å². The highest BCUT2D eigenvalue weighted by molar-refractivity contribution is 7.99. The summed E-state index contributed by atoms with van der Waals surface area (Å²) in [5.74, 6) is 1.24. The maximum Gasteiger partial charge on any atom is 0.322 e. The van der Waals surface area contributed by atoms with Gasteiger partial charge in [-0.2, -0.15) is 0 Å². The van der Waals surface area contributed by atoms with Crippen LogP contribution in [0.3, 0.4) is 0 Å². The van der Waals surface area contributed by atoms with Gasteiger partial charge in [-0.15, -0.1) is 16.9 Å². The second kappa shape index (κ2) is 7.79. The van der Waals surface area contributed by atoms with E-state index in [9.17, 15) is 4.79 Å². The second-order valence-electron chi connectivity index (χ2n) is 5.07. The fraction of sp³-hybridized carbons (Fsp3) is 0.167. The van der Waals surface area contributed by atoms with Crippen LogP contribution in [0.4, 0.5) is 6.01 Å². The molecule has 2 aromatic carbocycles. The number of thioether (sulfide) groups is 1. The lowest BCUT2D eigenvalue weighted by molar-refractivity contribution is 0.102. The molecule has 122 valence electrons. The van der Waals surface area contributed by atoms with Crippen LogP contribution in [-0.2, 0) is 6.42 Å². The number of hydrogen-bond acceptors (Lipinski definition) is 5. The van der Waals surface area contributed by atoms with E-state index in [2.05, 4.69) is 34.6 Å². The zero-order chi connectivity index (χ0) is 16.8. The highest BCUT2D eigenvalue weighted by Gasteiger charge is 2.11. The van der Waals surface area contributed by atoms with Gasteiger partial charge < -0.3 is 4.42 Å². The van der Waals surface area contributed by atoms with Crippen molar-refractivity contribution in [3.63, 3.8) is 0 Å². The molecule has 0 aliphatic carbocycles. The van der Waals surface area contributed by atoms with Crippen molar-refractivity contribution in [3.05, 3.63) is 71.6 Å². The van der Waals surface area contributed by atoms with Gasteiger partial charge in [-0.1, -0.05) is 42.4 Å². The van der Waals surface area contributed by atoms with Crippen LogP contribution in [0.5, 0.6) is 0 Å². The molecule has 3 rings (SSSR count). The Labute approximate surface area is 144 Å². The molecule has 1 heterocycles. The van der Waals surface area contributed by atoms with Crippen molar-refractivity contribution < 1.29 is 9.21 Å². The van der Waals surface area contributed by atoms with Gasteiger partial charge in [0.1, 0.15) is 0 Å². The van der Waals surface area contributed by atoms with E-state index in [0.29, 0.717) is 17.9 Å². The number of anilines is 1. The lowest BCUT2D eigenvalue weighted by Gasteiger charge is -2.01. The van der Waals surface area contributed by atoms with Crippen molar-refractivity contribution in [1.82, 2.24) is 10.2 Å². The monoisotopic (exact) mass is 339 g/mol. The Hall–Kier alpha value is -2.60. The van der Waals surface area contributed by atoms with Crippen LogP contribution in [0.1, 0.15) is 28.7 Å². The zero-order valence-corrected chi connectivity index (χ0v) is 14.0. The number of hydrogen-bond donors (Lipinski definition) is 1. The van der Waals surface area contributed by atoms with Gasteiger partial charge in [-0.05, 0) is 35.6 Å². The Morgan fingerprint density at radius 3 is 2.54 bits per heavy atom. The molecule has 0 unspecified atom stereocenters. The van der Waals surface area contributed by atoms with Crippen LogP contribution in [0.25, 0.3) is 0 Å². The van der Waals surface area contributed by atoms with Crippen molar-refractivity contribution in [2.75, 3.05) is 11.1 Å². The van der Waals surface area contributed by atoms with Crippen LogP contribution in [0.2, 0.25) is 0 Å². The van der Waals surface area contributed by atoms with Gasteiger partial charge in [0.25, 0.3) is 5.91 Å². The highest BCUT2D eigenvalue weighted by atomic mass is 32.2. The summed E-state index contributed by atoms with van der Waals surface area (Å²) in [7, 11) is 0. The summed E-state index contributed by atoms with van der Waals surface area (Å²) in [5, 5.41) is 10.5. The second-order valence-corrected chi connectivity index (χ2v) is 6.41. The summed E-state index contributed by atoms with van der Waals surface area (Å²) >= 11 is 1.80. The van der Waals surface area contributed by atoms with E-state index in [1.807, 2.05) is 18.2 Å². The first-order valence-electron chi connectivity index (χ1n) is 7.65. The van der Waals surface area contributed by atoms with Gasteiger partial charge in [0.15, 0.2) is 0 Å². The zero-order valence-electron chi connectivity index (χ0n) is 13.2.